The van der Waals surface area contributed by atoms with E-state index in [1.165, 1.54) is 5.56 Å². The van der Waals surface area contributed by atoms with E-state index in [0.717, 1.165) is 18.4 Å². The van der Waals surface area contributed by atoms with Gasteiger partial charge in [-0.1, -0.05) is 54.1 Å². The van der Waals surface area contributed by atoms with Crippen LogP contribution in [0.5, 0.6) is 0 Å². The summed E-state index contributed by atoms with van der Waals surface area (Å²) in [6.07, 6.45) is 1.48. The summed E-state index contributed by atoms with van der Waals surface area (Å²) >= 11 is 7.72. The minimum atomic E-state index is 0.0240. The number of carbonyl (C=O) groups excluding carboxylic acids is 2. The number of piperidine rings is 1. The summed E-state index contributed by atoms with van der Waals surface area (Å²) in [6, 6.07) is 18.1. The molecule has 2 fully saturated rings. The van der Waals surface area contributed by atoms with Gasteiger partial charge in [0.2, 0.25) is 11.8 Å². The van der Waals surface area contributed by atoms with Crippen molar-refractivity contribution in [2.24, 2.45) is 5.92 Å². The van der Waals surface area contributed by atoms with Gasteiger partial charge in [-0.3, -0.25) is 9.59 Å². The first kappa shape index (κ1) is 23.1. The van der Waals surface area contributed by atoms with E-state index in [1.807, 2.05) is 52.3 Å². The average Bonchev–Trinajstić information content (AvgIpc) is 2.86. The molecule has 2 aliphatic rings. The van der Waals surface area contributed by atoms with E-state index in [-0.39, 0.29) is 23.0 Å². The lowest BCUT2D eigenvalue weighted by Gasteiger charge is -2.35. The number of carbonyl (C=O) groups is 2. The zero-order valence-corrected chi connectivity index (χ0v) is 19.7. The third-order valence-electron chi connectivity index (χ3n) is 6.17. The van der Waals surface area contributed by atoms with Crippen LogP contribution in [-0.4, -0.2) is 66.8 Å². The van der Waals surface area contributed by atoms with E-state index in [2.05, 4.69) is 12.1 Å². The number of hydrogen-bond acceptors (Lipinski definition) is 4. The molecule has 4 rings (SSSR count). The van der Waals surface area contributed by atoms with Gasteiger partial charge in [0.15, 0.2) is 0 Å². The fourth-order valence-electron chi connectivity index (χ4n) is 4.31. The van der Waals surface area contributed by atoms with Gasteiger partial charge in [-0.15, -0.1) is 11.8 Å². The number of ether oxygens (including phenoxy) is 1. The molecule has 5 nitrogen and oxygen atoms in total. The highest BCUT2D eigenvalue weighted by Crippen LogP contribution is 2.36. The Kier molecular flexibility index (Phi) is 8.11. The molecule has 0 spiro atoms. The van der Waals surface area contributed by atoms with Gasteiger partial charge in [0.1, 0.15) is 0 Å². The third kappa shape index (κ3) is 5.85. The highest BCUT2D eigenvalue weighted by atomic mass is 35.5. The van der Waals surface area contributed by atoms with Crippen molar-refractivity contribution in [2.75, 3.05) is 45.1 Å². The second-order valence-corrected chi connectivity index (χ2v) is 9.78. The predicted octanol–water partition coefficient (Wildman–Crippen LogP) is 4.26. The highest BCUT2D eigenvalue weighted by molar-refractivity contribution is 8.00. The van der Waals surface area contributed by atoms with Gasteiger partial charge in [0.05, 0.1) is 24.2 Å². The summed E-state index contributed by atoms with van der Waals surface area (Å²) < 4.78 is 5.35. The molecule has 0 saturated carbocycles. The van der Waals surface area contributed by atoms with E-state index in [0.29, 0.717) is 50.2 Å². The quantitative estimate of drug-likeness (QED) is 0.630. The minimum absolute atomic E-state index is 0.0240. The largest absolute Gasteiger partial charge is 0.378 e. The Labute approximate surface area is 199 Å². The van der Waals surface area contributed by atoms with Crippen LogP contribution in [0.1, 0.15) is 29.2 Å². The minimum Gasteiger partial charge on any atom is -0.378 e. The lowest BCUT2D eigenvalue weighted by atomic mass is 9.95. The van der Waals surface area contributed by atoms with Gasteiger partial charge < -0.3 is 14.5 Å². The third-order valence-corrected chi connectivity index (χ3v) is 7.71. The monoisotopic (exact) mass is 472 g/mol. The molecule has 1 unspecified atom stereocenters. The molecule has 0 radical (unpaired) electrons. The molecule has 7 heteroatoms. The van der Waals surface area contributed by atoms with Crippen LogP contribution in [0.3, 0.4) is 0 Å². The number of benzene rings is 2. The molecule has 1 atom stereocenters. The summed E-state index contributed by atoms with van der Waals surface area (Å²) in [5, 5.41) is 0.772. The topological polar surface area (TPSA) is 49.9 Å². The van der Waals surface area contributed by atoms with Crippen LogP contribution in [0.2, 0.25) is 5.02 Å². The lowest BCUT2D eigenvalue weighted by Crippen LogP contribution is -2.47. The number of amides is 2. The molecule has 2 aromatic carbocycles. The Bertz CT molecular complexity index is 895. The zero-order chi connectivity index (χ0) is 22.3. The van der Waals surface area contributed by atoms with Crippen molar-refractivity contribution in [1.29, 1.82) is 0 Å². The van der Waals surface area contributed by atoms with Gasteiger partial charge in [0.25, 0.3) is 0 Å². The Balaban J connectivity index is 1.32. The maximum atomic E-state index is 13.0. The number of rotatable bonds is 6. The van der Waals surface area contributed by atoms with E-state index in [9.17, 15) is 9.59 Å². The Morgan fingerprint density at radius 3 is 2.19 bits per heavy atom. The molecule has 2 aliphatic heterocycles. The van der Waals surface area contributed by atoms with Gasteiger partial charge in [-0.05, 0) is 36.1 Å². The van der Waals surface area contributed by atoms with Crippen molar-refractivity contribution in [2.45, 2.75) is 18.1 Å². The molecule has 32 heavy (non-hydrogen) atoms. The summed E-state index contributed by atoms with van der Waals surface area (Å²) in [6.45, 7) is 3.90. The Hall–Kier alpha value is -2.02. The van der Waals surface area contributed by atoms with E-state index in [1.54, 1.807) is 11.8 Å². The fraction of sp³-hybridized carbons (Fsp3) is 0.440. The number of nitrogens with zero attached hydrogens (tertiary/aromatic N) is 2. The standard InChI is InChI=1S/C25H29ClN2O3S/c26-22-8-6-20(7-9-22)24(19-4-2-1-3-5-19)32-18-23(29)27-12-10-21(11-13-27)25(30)28-14-16-31-17-15-28/h1-9,21,24H,10-18H2. The first-order valence-corrected chi connectivity index (χ1v) is 12.6. The average molecular weight is 473 g/mol. The van der Waals surface area contributed by atoms with Crippen molar-refractivity contribution in [3.05, 3.63) is 70.7 Å². The number of likely N-dealkylation sites (tertiary alicyclic amines) is 1. The van der Waals surface area contributed by atoms with Crippen molar-refractivity contribution < 1.29 is 14.3 Å². The Morgan fingerprint density at radius 2 is 1.53 bits per heavy atom. The summed E-state index contributed by atoms with van der Waals surface area (Å²) in [4.78, 5) is 29.5. The molecule has 2 aromatic rings. The summed E-state index contributed by atoms with van der Waals surface area (Å²) in [5.41, 5.74) is 2.30. The van der Waals surface area contributed by atoms with Crippen molar-refractivity contribution >= 4 is 35.2 Å². The number of thioether (sulfide) groups is 1. The Morgan fingerprint density at radius 1 is 0.906 bits per heavy atom. The van der Waals surface area contributed by atoms with Crippen LogP contribution in [-0.2, 0) is 14.3 Å². The van der Waals surface area contributed by atoms with Crippen molar-refractivity contribution in [1.82, 2.24) is 9.80 Å². The number of morpholine rings is 1. The van der Waals surface area contributed by atoms with Crippen LogP contribution in [0.25, 0.3) is 0 Å². The maximum Gasteiger partial charge on any atom is 0.232 e. The van der Waals surface area contributed by atoms with Crippen LogP contribution in [0.15, 0.2) is 54.6 Å². The SMILES string of the molecule is O=C(CSC(c1ccccc1)c1ccc(Cl)cc1)N1CCC(C(=O)N2CCOCC2)CC1. The molecule has 2 amide bonds. The first-order valence-electron chi connectivity index (χ1n) is 11.2. The predicted molar refractivity (Wildman–Crippen MR) is 129 cm³/mol. The second-order valence-electron chi connectivity index (χ2n) is 8.25. The van der Waals surface area contributed by atoms with Crippen molar-refractivity contribution in [3.63, 3.8) is 0 Å². The van der Waals surface area contributed by atoms with Gasteiger partial charge in [-0.2, -0.15) is 0 Å². The smallest absolute Gasteiger partial charge is 0.232 e. The van der Waals surface area contributed by atoms with E-state index >= 15 is 0 Å². The zero-order valence-electron chi connectivity index (χ0n) is 18.1. The summed E-state index contributed by atoms with van der Waals surface area (Å²) in [7, 11) is 0. The normalized spacial score (nSPS) is 18.4. The van der Waals surface area contributed by atoms with Crippen LogP contribution in [0.4, 0.5) is 0 Å². The molecular formula is C25H29ClN2O3S. The van der Waals surface area contributed by atoms with Crippen LogP contribution in [0, 0.1) is 5.92 Å². The van der Waals surface area contributed by atoms with Gasteiger partial charge >= 0.3 is 0 Å². The van der Waals surface area contributed by atoms with Gasteiger partial charge in [0, 0.05) is 37.1 Å². The molecular weight excluding hydrogens is 444 g/mol. The number of hydrogen-bond donors (Lipinski definition) is 0. The molecule has 2 saturated heterocycles. The van der Waals surface area contributed by atoms with E-state index in [4.69, 9.17) is 16.3 Å². The summed E-state index contributed by atoms with van der Waals surface area (Å²) in [5.74, 6) is 0.796. The highest BCUT2D eigenvalue weighted by Gasteiger charge is 2.31. The van der Waals surface area contributed by atoms with Crippen molar-refractivity contribution in [3.8, 4) is 0 Å². The molecule has 2 heterocycles. The van der Waals surface area contributed by atoms with Gasteiger partial charge in [-0.25, -0.2) is 0 Å². The first-order chi connectivity index (χ1) is 15.6. The molecule has 0 N–H and O–H groups in total. The molecule has 0 aromatic heterocycles. The molecule has 0 bridgehead atoms. The molecule has 170 valence electrons. The fourth-order valence-corrected chi connectivity index (χ4v) is 5.63. The van der Waals surface area contributed by atoms with Crippen LogP contribution >= 0.6 is 23.4 Å². The maximum absolute atomic E-state index is 13.0. The lowest BCUT2D eigenvalue weighted by molar-refractivity contribution is -0.143. The van der Waals surface area contributed by atoms with Crippen LogP contribution < -0.4 is 0 Å². The number of halogens is 1. The van der Waals surface area contributed by atoms with E-state index < -0.39 is 0 Å². The second kappa shape index (κ2) is 11.2. The molecule has 0 aliphatic carbocycles.